The van der Waals surface area contributed by atoms with Crippen LogP contribution in [0.5, 0.6) is 0 Å². The smallest absolute Gasteiger partial charge is 0.320 e. The Morgan fingerprint density at radius 3 is 2.41 bits per heavy atom. The summed E-state index contributed by atoms with van der Waals surface area (Å²) in [7, 11) is 0. The van der Waals surface area contributed by atoms with E-state index in [9.17, 15) is 19.1 Å². The molecule has 3 amide bonds. The zero-order valence-corrected chi connectivity index (χ0v) is 23.9. The molecule has 0 radical (unpaired) electrons. The highest BCUT2D eigenvalue weighted by atomic mass is 35.5. The Kier molecular flexibility index (Phi) is 7.68. The molecule has 41 heavy (non-hydrogen) atoms. The number of fused-ring (bicyclic) bond motifs is 2. The molecule has 10 heteroatoms. The lowest BCUT2D eigenvalue weighted by Crippen LogP contribution is -2.61. The number of hydrogen-bond donors (Lipinski definition) is 2. The van der Waals surface area contributed by atoms with Crippen molar-refractivity contribution in [3.05, 3.63) is 99.3 Å². The molecule has 2 N–H and O–H groups in total. The fraction of sp³-hybridized carbons (Fsp3) is 0.355. The van der Waals surface area contributed by atoms with Crippen molar-refractivity contribution in [3.63, 3.8) is 0 Å². The van der Waals surface area contributed by atoms with E-state index in [0.717, 1.165) is 11.1 Å². The summed E-state index contributed by atoms with van der Waals surface area (Å²) in [5, 5.41) is 13.4. The van der Waals surface area contributed by atoms with Gasteiger partial charge in [-0.25, -0.2) is 9.18 Å². The Morgan fingerprint density at radius 1 is 0.951 bits per heavy atom. The van der Waals surface area contributed by atoms with Gasteiger partial charge in [-0.3, -0.25) is 9.69 Å². The normalized spacial score (nSPS) is 24.4. The molecule has 3 aromatic carbocycles. The summed E-state index contributed by atoms with van der Waals surface area (Å²) in [5.41, 5.74) is 1.45. The molecule has 3 aromatic rings. The molecule has 0 bridgehead atoms. The number of aliphatic hydroxyl groups excluding tert-OH is 1. The molecule has 6 rings (SSSR count). The number of halogens is 3. The third kappa shape index (κ3) is 4.87. The highest BCUT2D eigenvalue weighted by Crippen LogP contribution is 2.60. The summed E-state index contributed by atoms with van der Waals surface area (Å²) < 4.78 is 14.8. The van der Waals surface area contributed by atoms with Gasteiger partial charge in [0, 0.05) is 60.9 Å². The first-order valence-corrected chi connectivity index (χ1v) is 14.6. The number of piperazine rings is 1. The van der Waals surface area contributed by atoms with Crippen LogP contribution in [0.25, 0.3) is 0 Å². The van der Waals surface area contributed by atoms with Gasteiger partial charge in [0.05, 0.1) is 12.6 Å². The topological polar surface area (TPSA) is 76.1 Å². The first-order valence-electron chi connectivity index (χ1n) is 13.8. The Bertz CT molecular complexity index is 1480. The van der Waals surface area contributed by atoms with Gasteiger partial charge in [-0.15, -0.1) is 0 Å². The van der Waals surface area contributed by atoms with E-state index in [1.807, 2.05) is 24.3 Å². The van der Waals surface area contributed by atoms with Crippen molar-refractivity contribution in [1.82, 2.24) is 14.7 Å². The summed E-state index contributed by atoms with van der Waals surface area (Å²) in [6, 6.07) is 18.0. The van der Waals surface area contributed by atoms with E-state index < -0.39 is 17.3 Å². The lowest BCUT2D eigenvalue weighted by Gasteiger charge is -2.53. The van der Waals surface area contributed by atoms with Gasteiger partial charge < -0.3 is 20.2 Å². The van der Waals surface area contributed by atoms with Crippen LogP contribution in [-0.4, -0.2) is 77.6 Å². The number of amides is 3. The molecule has 1 spiro atoms. The van der Waals surface area contributed by atoms with Gasteiger partial charge in [-0.1, -0.05) is 53.5 Å². The van der Waals surface area contributed by atoms with Crippen LogP contribution < -0.4 is 5.32 Å². The number of rotatable bonds is 4. The van der Waals surface area contributed by atoms with E-state index in [2.05, 4.69) is 10.2 Å². The molecule has 3 unspecified atom stereocenters. The highest BCUT2D eigenvalue weighted by molar-refractivity contribution is 6.31. The van der Waals surface area contributed by atoms with Crippen LogP contribution in [0.2, 0.25) is 10.0 Å². The third-order valence-corrected chi connectivity index (χ3v) is 9.19. The number of β-amino-alcohol motifs (C(OH)–C–C–N with tert-alkyl or cyclic N) is 1. The lowest BCUT2D eigenvalue weighted by molar-refractivity contribution is -0.126. The Hall–Kier alpha value is -3.17. The molecular formula is C31H31Cl2FN4O3. The molecule has 0 aliphatic carbocycles. The predicted molar refractivity (Wildman–Crippen MR) is 157 cm³/mol. The van der Waals surface area contributed by atoms with E-state index >= 15 is 0 Å². The number of carbonyl (C=O) groups excluding carboxylic acids is 2. The van der Waals surface area contributed by atoms with Crippen molar-refractivity contribution in [2.75, 3.05) is 51.2 Å². The van der Waals surface area contributed by atoms with E-state index in [0.29, 0.717) is 67.0 Å². The first kappa shape index (κ1) is 28.0. The lowest BCUT2D eigenvalue weighted by atomic mass is 9.59. The zero-order chi connectivity index (χ0) is 28.7. The maximum absolute atomic E-state index is 14.8. The van der Waals surface area contributed by atoms with Gasteiger partial charge in [-0.05, 0) is 59.5 Å². The molecule has 2 saturated heterocycles. The van der Waals surface area contributed by atoms with Crippen LogP contribution in [0.15, 0.2) is 66.7 Å². The Labute approximate surface area is 248 Å². The number of piperidine rings is 1. The first-order chi connectivity index (χ1) is 19.8. The number of likely N-dealkylation sites (tertiary alicyclic amines) is 1. The van der Waals surface area contributed by atoms with E-state index in [-0.39, 0.29) is 24.5 Å². The quantitative estimate of drug-likeness (QED) is 0.429. The second kappa shape index (κ2) is 11.2. The van der Waals surface area contributed by atoms with Crippen molar-refractivity contribution in [3.8, 4) is 0 Å². The van der Waals surface area contributed by atoms with E-state index in [4.69, 9.17) is 23.2 Å². The molecule has 3 heterocycles. The Morgan fingerprint density at radius 2 is 1.68 bits per heavy atom. The van der Waals surface area contributed by atoms with Crippen molar-refractivity contribution in [2.45, 2.75) is 23.8 Å². The molecule has 2 fully saturated rings. The standard InChI is InChI=1S/C31H31Cl2FN4O3/c32-22-5-1-3-20(17-22)25-9-10-38(30(41)37-13-11-36(12-14-37)15-16-39)28(21-4-2-6-24(34)18-21)31(25)26-8-7-23(33)19-27(26)35-29(31)40/h1-8,17-19,25,28,39H,9-16H2,(H,35,40). The average Bonchev–Trinajstić information content (AvgIpc) is 3.23. The fourth-order valence-corrected chi connectivity index (χ4v) is 7.34. The van der Waals surface area contributed by atoms with Gasteiger partial charge in [0.15, 0.2) is 0 Å². The molecular weight excluding hydrogens is 566 g/mol. The molecule has 3 atom stereocenters. The molecule has 214 valence electrons. The second-order valence-corrected chi connectivity index (χ2v) is 11.8. The molecule has 3 aliphatic heterocycles. The summed E-state index contributed by atoms with van der Waals surface area (Å²) in [5.74, 6) is -1.07. The number of hydrogen-bond acceptors (Lipinski definition) is 4. The number of nitrogens with zero attached hydrogens (tertiary/aromatic N) is 3. The largest absolute Gasteiger partial charge is 0.395 e. The van der Waals surface area contributed by atoms with Crippen molar-refractivity contribution in [1.29, 1.82) is 0 Å². The molecule has 3 aliphatic rings. The van der Waals surface area contributed by atoms with Crippen LogP contribution in [-0.2, 0) is 10.2 Å². The van der Waals surface area contributed by atoms with Crippen molar-refractivity contribution in [2.24, 2.45) is 0 Å². The third-order valence-electron chi connectivity index (χ3n) is 8.72. The highest BCUT2D eigenvalue weighted by Gasteiger charge is 2.62. The van der Waals surface area contributed by atoms with Crippen molar-refractivity contribution >= 4 is 40.8 Å². The van der Waals surface area contributed by atoms with E-state index in [1.165, 1.54) is 12.1 Å². The predicted octanol–water partition coefficient (Wildman–Crippen LogP) is 5.28. The second-order valence-electron chi connectivity index (χ2n) is 10.9. The summed E-state index contributed by atoms with van der Waals surface area (Å²) in [4.78, 5) is 34.4. The molecule has 0 saturated carbocycles. The fourth-order valence-electron chi connectivity index (χ4n) is 6.97. The zero-order valence-electron chi connectivity index (χ0n) is 22.4. The van der Waals surface area contributed by atoms with Gasteiger partial charge in [0.2, 0.25) is 5.91 Å². The van der Waals surface area contributed by atoms with Crippen LogP contribution in [0.1, 0.15) is 35.1 Å². The molecule has 0 aromatic heterocycles. The minimum Gasteiger partial charge on any atom is -0.395 e. The Balaban J connectivity index is 1.52. The van der Waals surface area contributed by atoms with Crippen LogP contribution in [0.3, 0.4) is 0 Å². The summed E-state index contributed by atoms with van der Waals surface area (Å²) >= 11 is 12.8. The van der Waals surface area contributed by atoms with Crippen LogP contribution in [0, 0.1) is 5.82 Å². The number of aliphatic hydroxyl groups is 1. The van der Waals surface area contributed by atoms with E-state index in [1.54, 1.807) is 40.1 Å². The maximum atomic E-state index is 14.8. The number of urea groups is 1. The molecule has 7 nitrogen and oxygen atoms in total. The minimum absolute atomic E-state index is 0.0632. The number of nitrogens with one attached hydrogen (secondary N) is 1. The number of carbonyl (C=O) groups is 2. The SMILES string of the molecule is O=C(N1CCN(CCO)CC1)N1CCC(c2cccc(Cl)c2)C2(C(=O)Nc3cc(Cl)ccc32)C1c1cccc(F)c1. The minimum atomic E-state index is -1.27. The van der Waals surface area contributed by atoms with Crippen LogP contribution in [0.4, 0.5) is 14.9 Å². The summed E-state index contributed by atoms with van der Waals surface area (Å²) in [6.07, 6.45) is 0.498. The summed E-state index contributed by atoms with van der Waals surface area (Å²) in [6.45, 7) is 3.26. The van der Waals surface area contributed by atoms with Crippen molar-refractivity contribution < 1.29 is 19.1 Å². The van der Waals surface area contributed by atoms with Crippen LogP contribution >= 0.6 is 23.2 Å². The number of anilines is 1. The van der Waals surface area contributed by atoms with Gasteiger partial charge in [0.1, 0.15) is 11.2 Å². The van der Waals surface area contributed by atoms with Gasteiger partial charge >= 0.3 is 6.03 Å². The number of benzene rings is 3. The maximum Gasteiger partial charge on any atom is 0.320 e. The van der Waals surface area contributed by atoms with Gasteiger partial charge in [-0.2, -0.15) is 0 Å². The average molecular weight is 598 g/mol. The monoisotopic (exact) mass is 596 g/mol. The van der Waals surface area contributed by atoms with Gasteiger partial charge in [0.25, 0.3) is 0 Å².